The van der Waals surface area contributed by atoms with Crippen LogP contribution in [-0.2, 0) is 14.8 Å². The van der Waals surface area contributed by atoms with Gasteiger partial charge in [0.15, 0.2) is 11.6 Å². The number of hydrogen-bond acceptors (Lipinski definition) is 6. The van der Waals surface area contributed by atoms with Crippen LogP contribution in [0.5, 0.6) is 0 Å². The van der Waals surface area contributed by atoms with E-state index >= 15 is 0 Å². The summed E-state index contributed by atoms with van der Waals surface area (Å²) in [4.78, 5) is 24.2. The summed E-state index contributed by atoms with van der Waals surface area (Å²) in [5, 5.41) is 13.5. The number of nitro groups is 1. The maximum atomic E-state index is 13.4. The Bertz CT molecular complexity index is 1130. The normalized spacial score (nSPS) is 15.5. The molecule has 32 heavy (non-hydrogen) atoms. The summed E-state index contributed by atoms with van der Waals surface area (Å²) in [5.41, 5.74) is 1.00. The first kappa shape index (κ1) is 23.7. The van der Waals surface area contributed by atoms with E-state index in [1.807, 2.05) is 4.90 Å². The lowest BCUT2D eigenvalue weighted by molar-refractivity contribution is -0.384. The standard InChI is InChI=1S/C20H22F2N4O5S/c1-14-12-15(26(28)29)2-5-19(14)23-20(27)6-7-24-8-10-25(11-9-24)32(30,31)16-3-4-17(21)18(22)13-16/h2-5,12-13H,6-11H2,1H3,(H,23,27). The Balaban J connectivity index is 1.50. The Hall–Kier alpha value is -2.96. The molecule has 0 atom stereocenters. The second-order valence-electron chi connectivity index (χ2n) is 7.38. The molecule has 0 radical (unpaired) electrons. The molecule has 1 aliphatic rings. The molecule has 1 heterocycles. The minimum atomic E-state index is -3.94. The minimum absolute atomic E-state index is 0.0586. The molecule has 1 fully saturated rings. The third-order valence-corrected chi connectivity index (χ3v) is 7.10. The highest BCUT2D eigenvalue weighted by Crippen LogP contribution is 2.22. The topological polar surface area (TPSA) is 113 Å². The molecule has 9 nitrogen and oxygen atoms in total. The molecule has 2 aromatic carbocycles. The SMILES string of the molecule is Cc1cc([N+](=O)[O-])ccc1NC(=O)CCN1CCN(S(=O)(=O)c2ccc(F)c(F)c2)CC1. The summed E-state index contributed by atoms with van der Waals surface area (Å²) in [7, 11) is -3.94. The largest absolute Gasteiger partial charge is 0.326 e. The summed E-state index contributed by atoms with van der Waals surface area (Å²) in [5.74, 6) is -2.60. The van der Waals surface area contributed by atoms with Gasteiger partial charge in [0, 0.05) is 57.0 Å². The molecule has 1 aliphatic heterocycles. The second-order valence-corrected chi connectivity index (χ2v) is 9.31. The summed E-state index contributed by atoms with van der Waals surface area (Å²) >= 11 is 0. The minimum Gasteiger partial charge on any atom is -0.326 e. The highest BCUT2D eigenvalue weighted by atomic mass is 32.2. The number of carbonyl (C=O) groups excluding carboxylic acids is 1. The molecule has 0 saturated carbocycles. The monoisotopic (exact) mass is 468 g/mol. The number of nitrogens with zero attached hydrogens (tertiary/aromatic N) is 3. The van der Waals surface area contributed by atoms with E-state index in [0.29, 0.717) is 37.0 Å². The average molecular weight is 468 g/mol. The van der Waals surface area contributed by atoms with Crippen molar-refractivity contribution in [2.45, 2.75) is 18.2 Å². The number of hydrogen-bond donors (Lipinski definition) is 1. The molecular formula is C20H22F2N4O5S. The Morgan fingerprint density at radius 3 is 2.38 bits per heavy atom. The van der Waals surface area contributed by atoms with E-state index in [1.54, 1.807) is 6.92 Å². The lowest BCUT2D eigenvalue weighted by Crippen LogP contribution is -2.49. The highest BCUT2D eigenvalue weighted by molar-refractivity contribution is 7.89. The van der Waals surface area contributed by atoms with Gasteiger partial charge in [0.05, 0.1) is 9.82 Å². The fraction of sp³-hybridized carbons (Fsp3) is 0.350. The van der Waals surface area contributed by atoms with Crippen LogP contribution in [0.1, 0.15) is 12.0 Å². The number of benzene rings is 2. The van der Waals surface area contributed by atoms with Gasteiger partial charge in [-0.2, -0.15) is 4.31 Å². The van der Waals surface area contributed by atoms with Crippen LogP contribution in [0.25, 0.3) is 0 Å². The van der Waals surface area contributed by atoms with Gasteiger partial charge in [-0.1, -0.05) is 0 Å². The van der Waals surface area contributed by atoms with Crippen LogP contribution in [0, 0.1) is 28.7 Å². The predicted octanol–water partition coefficient (Wildman–Crippen LogP) is 2.52. The van der Waals surface area contributed by atoms with E-state index in [1.165, 1.54) is 22.5 Å². The maximum Gasteiger partial charge on any atom is 0.269 e. The van der Waals surface area contributed by atoms with Gasteiger partial charge in [0.1, 0.15) is 0 Å². The van der Waals surface area contributed by atoms with Crippen LogP contribution >= 0.6 is 0 Å². The molecule has 0 aliphatic carbocycles. The molecule has 2 aromatic rings. The van der Waals surface area contributed by atoms with E-state index in [2.05, 4.69) is 5.32 Å². The van der Waals surface area contributed by atoms with Gasteiger partial charge in [-0.05, 0) is 36.8 Å². The fourth-order valence-corrected chi connectivity index (χ4v) is 4.79. The molecule has 0 spiro atoms. The molecule has 1 saturated heterocycles. The van der Waals surface area contributed by atoms with E-state index in [9.17, 15) is 32.1 Å². The predicted molar refractivity (Wildman–Crippen MR) is 113 cm³/mol. The van der Waals surface area contributed by atoms with Crippen molar-refractivity contribution in [2.24, 2.45) is 0 Å². The number of nitrogens with one attached hydrogen (secondary N) is 1. The van der Waals surface area contributed by atoms with Crippen molar-refractivity contribution in [3.63, 3.8) is 0 Å². The average Bonchev–Trinajstić information content (AvgIpc) is 2.75. The van der Waals surface area contributed by atoms with Crippen molar-refractivity contribution in [3.05, 3.63) is 63.7 Å². The zero-order valence-corrected chi connectivity index (χ0v) is 18.1. The lowest BCUT2D eigenvalue weighted by atomic mass is 10.1. The summed E-state index contributed by atoms with van der Waals surface area (Å²) in [6, 6.07) is 6.65. The molecule has 0 aromatic heterocycles. The number of anilines is 1. The van der Waals surface area contributed by atoms with Crippen LogP contribution in [-0.4, -0.2) is 61.2 Å². The number of carbonyl (C=O) groups is 1. The summed E-state index contributed by atoms with van der Waals surface area (Å²) in [6.45, 7) is 3.14. The molecule has 172 valence electrons. The van der Waals surface area contributed by atoms with Crippen molar-refractivity contribution >= 4 is 27.3 Å². The first-order valence-electron chi connectivity index (χ1n) is 9.80. The maximum absolute atomic E-state index is 13.4. The molecule has 0 bridgehead atoms. The van der Waals surface area contributed by atoms with E-state index in [0.717, 1.165) is 12.1 Å². The zero-order chi connectivity index (χ0) is 23.5. The van der Waals surface area contributed by atoms with Gasteiger partial charge in [0.2, 0.25) is 15.9 Å². The molecule has 1 amide bonds. The number of halogens is 2. The molecule has 12 heteroatoms. The van der Waals surface area contributed by atoms with Gasteiger partial charge in [-0.25, -0.2) is 17.2 Å². The van der Waals surface area contributed by atoms with E-state index in [-0.39, 0.29) is 36.0 Å². The third kappa shape index (κ3) is 5.44. The first-order valence-corrected chi connectivity index (χ1v) is 11.2. The van der Waals surface area contributed by atoms with Gasteiger partial charge in [0.25, 0.3) is 5.69 Å². The Morgan fingerprint density at radius 1 is 1.09 bits per heavy atom. The number of amides is 1. The van der Waals surface area contributed by atoms with Crippen LogP contribution in [0.3, 0.4) is 0 Å². The molecule has 3 rings (SSSR count). The number of piperazine rings is 1. The second kappa shape index (κ2) is 9.67. The number of aryl methyl sites for hydroxylation is 1. The summed E-state index contributed by atoms with van der Waals surface area (Å²) in [6.07, 6.45) is 0.159. The Kier molecular flexibility index (Phi) is 7.16. The third-order valence-electron chi connectivity index (χ3n) is 5.21. The van der Waals surface area contributed by atoms with Gasteiger partial charge in [-0.15, -0.1) is 0 Å². The van der Waals surface area contributed by atoms with Crippen LogP contribution in [0.15, 0.2) is 41.3 Å². The van der Waals surface area contributed by atoms with Crippen molar-refractivity contribution in [1.29, 1.82) is 0 Å². The number of nitro benzene ring substituents is 1. The molecular weight excluding hydrogens is 446 g/mol. The van der Waals surface area contributed by atoms with Crippen molar-refractivity contribution in [2.75, 3.05) is 38.0 Å². The number of non-ortho nitro benzene ring substituents is 1. The Morgan fingerprint density at radius 2 is 1.78 bits per heavy atom. The van der Waals surface area contributed by atoms with Gasteiger partial charge >= 0.3 is 0 Å². The Labute approximate surface area is 183 Å². The zero-order valence-electron chi connectivity index (χ0n) is 17.3. The lowest BCUT2D eigenvalue weighted by Gasteiger charge is -2.33. The van der Waals surface area contributed by atoms with Crippen molar-refractivity contribution < 1.29 is 26.9 Å². The highest BCUT2D eigenvalue weighted by Gasteiger charge is 2.29. The summed E-state index contributed by atoms with van der Waals surface area (Å²) < 4.78 is 53.0. The van der Waals surface area contributed by atoms with E-state index in [4.69, 9.17) is 0 Å². The quantitative estimate of drug-likeness (QED) is 0.494. The van der Waals surface area contributed by atoms with Gasteiger partial charge < -0.3 is 10.2 Å². The molecule has 1 N–H and O–H groups in total. The fourth-order valence-electron chi connectivity index (χ4n) is 3.35. The first-order chi connectivity index (χ1) is 15.1. The van der Waals surface area contributed by atoms with Crippen molar-refractivity contribution in [1.82, 2.24) is 9.21 Å². The van der Waals surface area contributed by atoms with Crippen LogP contribution in [0.4, 0.5) is 20.2 Å². The van der Waals surface area contributed by atoms with Crippen LogP contribution < -0.4 is 5.32 Å². The van der Waals surface area contributed by atoms with Crippen molar-refractivity contribution in [3.8, 4) is 0 Å². The van der Waals surface area contributed by atoms with Crippen LogP contribution in [0.2, 0.25) is 0 Å². The number of sulfonamides is 1. The molecule has 0 unspecified atom stereocenters. The smallest absolute Gasteiger partial charge is 0.269 e. The number of rotatable bonds is 7. The van der Waals surface area contributed by atoms with Gasteiger partial charge in [-0.3, -0.25) is 14.9 Å². The van der Waals surface area contributed by atoms with E-state index < -0.39 is 26.6 Å².